The van der Waals surface area contributed by atoms with Crippen molar-refractivity contribution >= 4 is 53.5 Å². The molecule has 0 aliphatic carbocycles. The van der Waals surface area contributed by atoms with E-state index in [0.29, 0.717) is 0 Å². The molecule has 0 aliphatic heterocycles. The molecule has 0 unspecified atom stereocenters. The number of aliphatic hydroxyl groups excluding tert-OH is 1. The van der Waals surface area contributed by atoms with E-state index in [9.17, 15) is 5.11 Å². The molecule has 0 amide bonds. The van der Waals surface area contributed by atoms with E-state index in [2.05, 4.69) is 67.0 Å². The fourth-order valence-electron chi connectivity index (χ4n) is 1.77. The number of hydrogen-bond donors (Lipinski definition) is 2. The third-order valence-electron chi connectivity index (χ3n) is 3.48. The Hall–Kier alpha value is 0.420. The first kappa shape index (κ1) is 16.5. The van der Waals surface area contributed by atoms with Crippen LogP contribution in [0.1, 0.15) is 26.7 Å². The monoisotopic (exact) mass is 441 g/mol. The summed E-state index contributed by atoms with van der Waals surface area (Å²) in [5.41, 5.74) is 0.976. The topological polar surface area (TPSA) is 32.3 Å². The van der Waals surface area contributed by atoms with E-state index in [-0.39, 0.29) is 12.0 Å². The average Bonchev–Trinajstić information content (AvgIpc) is 2.33. The maximum Gasteiger partial charge on any atom is 0.0630 e. The van der Waals surface area contributed by atoms with Crippen LogP contribution in [0.5, 0.6) is 0 Å². The first-order chi connectivity index (χ1) is 8.48. The van der Waals surface area contributed by atoms with Crippen LogP contribution in [0.25, 0.3) is 0 Å². The Morgan fingerprint density at radius 3 is 2.00 bits per heavy atom. The molecule has 1 rings (SSSR count). The minimum atomic E-state index is -0.0496. The molecule has 0 spiro atoms. The lowest BCUT2D eigenvalue weighted by Gasteiger charge is -2.30. The van der Waals surface area contributed by atoms with Gasteiger partial charge in [0.2, 0.25) is 0 Å². The molecule has 5 heteroatoms. The molecule has 18 heavy (non-hydrogen) atoms. The van der Waals surface area contributed by atoms with Crippen molar-refractivity contribution in [2.24, 2.45) is 5.41 Å². The van der Waals surface area contributed by atoms with Crippen LogP contribution in [0.2, 0.25) is 0 Å². The lowest BCUT2D eigenvalue weighted by Crippen LogP contribution is -2.32. The van der Waals surface area contributed by atoms with Gasteiger partial charge in [-0.2, -0.15) is 0 Å². The predicted octanol–water partition coefficient (Wildman–Crippen LogP) is 5.18. The minimum Gasteiger partial charge on any atom is -0.396 e. The summed E-state index contributed by atoms with van der Waals surface area (Å²) < 4.78 is 3.02. The van der Waals surface area contributed by atoms with Crippen molar-refractivity contribution in [3.63, 3.8) is 0 Å². The van der Waals surface area contributed by atoms with Crippen LogP contribution in [-0.2, 0) is 0 Å². The zero-order valence-electron chi connectivity index (χ0n) is 10.6. The van der Waals surface area contributed by atoms with Gasteiger partial charge in [-0.05, 0) is 56.8 Å². The van der Waals surface area contributed by atoms with Gasteiger partial charge in [0.25, 0.3) is 0 Å². The van der Waals surface area contributed by atoms with E-state index in [1.165, 1.54) is 0 Å². The highest BCUT2D eigenvalue weighted by Crippen LogP contribution is 2.36. The van der Waals surface area contributed by atoms with Crippen molar-refractivity contribution in [2.75, 3.05) is 18.5 Å². The number of aliphatic hydroxyl groups is 1. The highest BCUT2D eigenvalue weighted by molar-refractivity contribution is 9.11. The number of hydrogen-bond acceptors (Lipinski definition) is 2. The van der Waals surface area contributed by atoms with Crippen molar-refractivity contribution in [3.8, 4) is 0 Å². The van der Waals surface area contributed by atoms with Crippen LogP contribution in [0, 0.1) is 5.41 Å². The number of anilines is 1. The van der Waals surface area contributed by atoms with Crippen molar-refractivity contribution in [3.05, 3.63) is 25.6 Å². The van der Waals surface area contributed by atoms with E-state index in [4.69, 9.17) is 0 Å². The zero-order valence-corrected chi connectivity index (χ0v) is 15.3. The smallest absolute Gasteiger partial charge is 0.0630 e. The Bertz CT molecular complexity index is 374. The van der Waals surface area contributed by atoms with E-state index in [1.807, 2.05) is 12.1 Å². The van der Waals surface area contributed by atoms with Gasteiger partial charge in [0.05, 0.1) is 12.3 Å². The van der Waals surface area contributed by atoms with Gasteiger partial charge in [0, 0.05) is 25.4 Å². The molecule has 0 saturated carbocycles. The molecule has 2 nitrogen and oxygen atoms in total. The third-order valence-corrected chi connectivity index (χ3v) is 5.19. The Morgan fingerprint density at radius 1 is 1.11 bits per heavy atom. The summed E-state index contributed by atoms with van der Waals surface area (Å²) in [6.07, 6.45) is 1.91. The van der Waals surface area contributed by atoms with Crippen LogP contribution in [-0.4, -0.2) is 18.3 Å². The maximum atomic E-state index is 9.57. The van der Waals surface area contributed by atoms with Gasteiger partial charge in [0.1, 0.15) is 0 Å². The molecule has 0 atom stereocenters. The molecule has 0 fully saturated rings. The highest BCUT2D eigenvalue weighted by atomic mass is 79.9. The molecule has 1 aromatic carbocycles. The first-order valence-corrected chi connectivity index (χ1v) is 8.35. The second kappa shape index (κ2) is 7.27. The summed E-state index contributed by atoms with van der Waals surface area (Å²) in [5, 5.41) is 13.0. The summed E-state index contributed by atoms with van der Waals surface area (Å²) in [5.74, 6) is 0. The quantitative estimate of drug-likeness (QED) is 0.634. The van der Waals surface area contributed by atoms with Gasteiger partial charge in [-0.15, -0.1) is 0 Å². The SMILES string of the molecule is CCC(CC)(CO)CNc1c(Br)cc(Br)cc1Br. The van der Waals surface area contributed by atoms with E-state index in [0.717, 1.165) is 38.5 Å². The van der Waals surface area contributed by atoms with Crippen LogP contribution in [0.3, 0.4) is 0 Å². The lowest BCUT2D eigenvalue weighted by molar-refractivity contribution is 0.127. The summed E-state index contributed by atoms with van der Waals surface area (Å²) in [6.45, 7) is 5.20. The second-order valence-electron chi connectivity index (χ2n) is 4.46. The van der Waals surface area contributed by atoms with Gasteiger partial charge in [0.15, 0.2) is 0 Å². The van der Waals surface area contributed by atoms with Crippen molar-refractivity contribution < 1.29 is 5.11 Å². The van der Waals surface area contributed by atoms with Gasteiger partial charge < -0.3 is 10.4 Å². The zero-order chi connectivity index (χ0) is 13.8. The standard InChI is InChI=1S/C13H18Br3NO/c1-3-13(4-2,8-18)7-17-12-10(15)5-9(14)6-11(12)16/h5-6,17-18H,3-4,7-8H2,1-2H3. The van der Waals surface area contributed by atoms with Crippen LogP contribution < -0.4 is 5.32 Å². The van der Waals surface area contributed by atoms with Gasteiger partial charge in [-0.3, -0.25) is 0 Å². The highest BCUT2D eigenvalue weighted by Gasteiger charge is 2.25. The average molecular weight is 444 g/mol. The summed E-state index contributed by atoms with van der Waals surface area (Å²) in [6, 6.07) is 4.01. The lowest BCUT2D eigenvalue weighted by atomic mass is 9.83. The van der Waals surface area contributed by atoms with Crippen molar-refractivity contribution in [2.45, 2.75) is 26.7 Å². The third kappa shape index (κ3) is 3.95. The maximum absolute atomic E-state index is 9.57. The van der Waals surface area contributed by atoms with Crippen molar-refractivity contribution in [1.29, 1.82) is 0 Å². The van der Waals surface area contributed by atoms with E-state index in [1.54, 1.807) is 0 Å². The molecular weight excluding hydrogens is 426 g/mol. The summed E-state index contributed by atoms with van der Waals surface area (Å²) in [4.78, 5) is 0. The van der Waals surface area contributed by atoms with Crippen LogP contribution >= 0.6 is 47.8 Å². The van der Waals surface area contributed by atoms with Gasteiger partial charge in [-0.1, -0.05) is 29.8 Å². The van der Waals surface area contributed by atoms with Crippen LogP contribution in [0.15, 0.2) is 25.6 Å². The number of benzene rings is 1. The second-order valence-corrected chi connectivity index (χ2v) is 7.09. The molecule has 0 aromatic heterocycles. The fraction of sp³-hybridized carbons (Fsp3) is 0.538. The summed E-state index contributed by atoms with van der Waals surface area (Å²) in [7, 11) is 0. The first-order valence-electron chi connectivity index (χ1n) is 5.97. The Balaban J connectivity index is 2.86. The Kier molecular flexibility index (Phi) is 6.65. The molecule has 2 N–H and O–H groups in total. The minimum absolute atomic E-state index is 0.0496. The predicted molar refractivity (Wildman–Crippen MR) is 88.1 cm³/mol. The van der Waals surface area contributed by atoms with Gasteiger partial charge >= 0.3 is 0 Å². The molecular formula is C13H18Br3NO. The molecule has 0 aliphatic rings. The molecule has 0 bridgehead atoms. The van der Waals surface area contributed by atoms with E-state index < -0.39 is 0 Å². The Labute approximate surface area is 134 Å². The molecule has 1 aromatic rings. The largest absolute Gasteiger partial charge is 0.396 e. The fourth-order valence-corrected chi connectivity index (χ4v) is 4.31. The molecule has 0 radical (unpaired) electrons. The molecule has 102 valence electrons. The van der Waals surface area contributed by atoms with Gasteiger partial charge in [-0.25, -0.2) is 0 Å². The Morgan fingerprint density at radius 2 is 1.61 bits per heavy atom. The molecule has 0 heterocycles. The van der Waals surface area contributed by atoms with E-state index >= 15 is 0 Å². The molecule has 0 saturated heterocycles. The number of rotatable bonds is 6. The number of nitrogens with one attached hydrogen (secondary N) is 1. The van der Waals surface area contributed by atoms with Crippen molar-refractivity contribution in [1.82, 2.24) is 0 Å². The normalized spacial score (nSPS) is 11.7. The summed E-state index contributed by atoms with van der Waals surface area (Å²) >= 11 is 10.5. The number of halogens is 3. The van der Waals surface area contributed by atoms with Crippen LogP contribution in [0.4, 0.5) is 5.69 Å².